The molecule has 18 heavy (non-hydrogen) atoms. The molecule has 1 unspecified atom stereocenters. The first-order chi connectivity index (χ1) is 8.74. The quantitative estimate of drug-likeness (QED) is 0.785. The van der Waals surface area contributed by atoms with Gasteiger partial charge in [0.2, 0.25) is 11.8 Å². The van der Waals surface area contributed by atoms with Crippen LogP contribution in [-0.2, 0) is 0 Å². The largest absolute Gasteiger partial charge is 0.421 e. The van der Waals surface area contributed by atoms with Gasteiger partial charge in [0, 0.05) is 12.5 Å². The molecule has 0 fully saturated rings. The van der Waals surface area contributed by atoms with Crippen LogP contribution in [0.25, 0.3) is 11.5 Å². The Balaban J connectivity index is 2.19. The normalized spacial score (nSPS) is 12.6. The van der Waals surface area contributed by atoms with Crippen molar-refractivity contribution in [3.8, 4) is 11.5 Å². The second-order valence-electron chi connectivity index (χ2n) is 4.64. The molecule has 0 saturated carbocycles. The summed E-state index contributed by atoms with van der Waals surface area (Å²) in [6.45, 7) is 6.28. The van der Waals surface area contributed by atoms with Crippen molar-refractivity contribution in [3.63, 3.8) is 0 Å². The zero-order valence-corrected chi connectivity index (χ0v) is 11.3. The van der Waals surface area contributed by atoms with Crippen LogP contribution in [0, 0.1) is 6.92 Å². The number of aryl methyl sites for hydroxylation is 1. The van der Waals surface area contributed by atoms with Crippen LogP contribution in [-0.4, -0.2) is 10.2 Å². The van der Waals surface area contributed by atoms with Gasteiger partial charge in [-0.2, -0.15) is 0 Å². The second kappa shape index (κ2) is 5.80. The first-order valence-electron chi connectivity index (χ1n) is 6.65. The molecule has 3 nitrogen and oxygen atoms in total. The summed E-state index contributed by atoms with van der Waals surface area (Å²) in [6.07, 6.45) is 3.66. The number of aromatic nitrogens is 2. The highest BCUT2D eigenvalue weighted by Crippen LogP contribution is 2.27. The predicted octanol–water partition coefficient (Wildman–Crippen LogP) is 4.34. The molecule has 0 amide bonds. The van der Waals surface area contributed by atoms with Crippen molar-refractivity contribution in [2.45, 2.75) is 46.0 Å². The molecule has 3 heteroatoms. The zero-order chi connectivity index (χ0) is 13.0. The van der Waals surface area contributed by atoms with Gasteiger partial charge in [-0.05, 0) is 36.5 Å². The molecule has 1 aromatic heterocycles. The monoisotopic (exact) mass is 244 g/mol. The van der Waals surface area contributed by atoms with Gasteiger partial charge < -0.3 is 4.42 Å². The molecule has 0 N–H and O–H groups in total. The Bertz CT molecular complexity index is 487. The third kappa shape index (κ3) is 2.78. The summed E-state index contributed by atoms with van der Waals surface area (Å²) >= 11 is 0. The lowest BCUT2D eigenvalue weighted by Crippen LogP contribution is -1.96. The first kappa shape index (κ1) is 12.8. The summed E-state index contributed by atoms with van der Waals surface area (Å²) in [5.74, 6) is 1.86. The van der Waals surface area contributed by atoms with E-state index in [1.807, 2.05) is 0 Å². The average molecular weight is 244 g/mol. The molecule has 0 radical (unpaired) electrons. The Hall–Kier alpha value is -1.64. The lowest BCUT2D eigenvalue weighted by molar-refractivity contribution is 0.532. The third-order valence-electron chi connectivity index (χ3n) is 3.29. The van der Waals surface area contributed by atoms with E-state index in [1.165, 1.54) is 24.8 Å². The van der Waals surface area contributed by atoms with E-state index in [1.54, 1.807) is 6.92 Å². The van der Waals surface area contributed by atoms with Crippen molar-refractivity contribution < 1.29 is 4.42 Å². The molecule has 0 bridgehead atoms. The molecule has 1 aromatic carbocycles. The summed E-state index contributed by atoms with van der Waals surface area (Å²) in [5.41, 5.74) is 2.39. The Kier molecular flexibility index (Phi) is 4.13. The smallest absolute Gasteiger partial charge is 0.247 e. The number of hydrogen-bond acceptors (Lipinski definition) is 3. The van der Waals surface area contributed by atoms with Crippen molar-refractivity contribution in [2.75, 3.05) is 0 Å². The van der Waals surface area contributed by atoms with E-state index in [0.29, 0.717) is 17.7 Å². The van der Waals surface area contributed by atoms with Crippen molar-refractivity contribution in [3.05, 3.63) is 35.7 Å². The molecule has 0 saturated heterocycles. The predicted molar refractivity (Wildman–Crippen MR) is 72.4 cm³/mol. The number of nitrogens with zero attached hydrogens (tertiary/aromatic N) is 2. The molecule has 0 spiro atoms. The molecule has 2 rings (SSSR count). The maximum absolute atomic E-state index is 5.42. The molecular formula is C15H20N2O. The maximum atomic E-state index is 5.42. The summed E-state index contributed by atoms with van der Waals surface area (Å²) in [7, 11) is 0. The van der Waals surface area contributed by atoms with E-state index in [4.69, 9.17) is 4.42 Å². The third-order valence-corrected chi connectivity index (χ3v) is 3.29. The Morgan fingerprint density at radius 1 is 1.11 bits per heavy atom. The molecule has 0 aliphatic carbocycles. The van der Waals surface area contributed by atoms with Gasteiger partial charge in [0.1, 0.15) is 0 Å². The van der Waals surface area contributed by atoms with Crippen molar-refractivity contribution in [1.82, 2.24) is 10.2 Å². The van der Waals surface area contributed by atoms with E-state index >= 15 is 0 Å². The van der Waals surface area contributed by atoms with Crippen LogP contribution in [0.1, 0.15) is 50.5 Å². The summed E-state index contributed by atoms with van der Waals surface area (Å²) in [4.78, 5) is 0. The minimum absolute atomic E-state index is 0.600. The van der Waals surface area contributed by atoms with E-state index in [0.717, 1.165) is 5.56 Å². The fourth-order valence-electron chi connectivity index (χ4n) is 2.27. The van der Waals surface area contributed by atoms with Crippen LogP contribution in [0.3, 0.4) is 0 Å². The van der Waals surface area contributed by atoms with Gasteiger partial charge in [0.25, 0.3) is 0 Å². The summed E-state index contributed by atoms with van der Waals surface area (Å²) < 4.78 is 5.42. The van der Waals surface area contributed by atoms with E-state index < -0.39 is 0 Å². The second-order valence-corrected chi connectivity index (χ2v) is 4.64. The van der Waals surface area contributed by atoms with Crippen LogP contribution >= 0.6 is 0 Å². The summed E-state index contributed by atoms with van der Waals surface area (Å²) in [5, 5.41) is 7.88. The van der Waals surface area contributed by atoms with Gasteiger partial charge in [-0.3, -0.25) is 0 Å². The van der Waals surface area contributed by atoms with Gasteiger partial charge in [-0.15, -0.1) is 10.2 Å². The lowest BCUT2D eigenvalue weighted by Gasteiger charge is -2.14. The number of rotatable bonds is 5. The van der Waals surface area contributed by atoms with Crippen LogP contribution in [0.4, 0.5) is 0 Å². The minimum atomic E-state index is 0.600. The summed E-state index contributed by atoms with van der Waals surface area (Å²) in [6, 6.07) is 8.50. The van der Waals surface area contributed by atoms with E-state index in [-0.39, 0.29) is 0 Å². The van der Waals surface area contributed by atoms with Crippen molar-refractivity contribution >= 4 is 0 Å². The van der Waals surface area contributed by atoms with Crippen LogP contribution in [0.2, 0.25) is 0 Å². The highest BCUT2D eigenvalue weighted by atomic mass is 16.4. The van der Waals surface area contributed by atoms with Crippen molar-refractivity contribution in [2.24, 2.45) is 0 Å². The highest BCUT2D eigenvalue weighted by Gasteiger charge is 2.10. The van der Waals surface area contributed by atoms with Crippen LogP contribution < -0.4 is 0 Å². The van der Waals surface area contributed by atoms with E-state index in [2.05, 4.69) is 48.3 Å². The van der Waals surface area contributed by atoms with Gasteiger partial charge in [-0.1, -0.05) is 32.4 Å². The average Bonchev–Trinajstić information content (AvgIpc) is 2.83. The molecule has 0 aliphatic heterocycles. The van der Waals surface area contributed by atoms with E-state index in [9.17, 15) is 0 Å². The van der Waals surface area contributed by atoms with Crippen LogP contribution in [0.15, 0.2) is 28.7 Å². The van der Waals surface area contributed by atoms with Crippen LogP contribution in [0.5, 0.6) is 0 Å². The molecule has 1 heterocycles. The van der Waals surface area contributed by atoms with Gasteiger partial charge in [0.05, 0.1) is 0 Å². The fourth-order valence-corrected chi connectivity index (χ4v) is 2.27. The number of benzene rings is 1. The molecular weight excluding hydrogens is 224 g/mol. The zero-order valence-electron chi connectivity index (χ0n) is 11.3. The van der Waals surface area contributed by atoms with Gasteiger partial charge in [0.15, 0.2) is 0 Å². The van der Waals surface area contributed by atoms with Gasteiger partial charge >= 0.3 is 0 Å². The molecule has 2 aromatic rings. The minimum Gasteiger partial charge on any atom is -0.421 e. The van der Waals surface area contributed by atoms with Gasteiger partial charge in [-0.25, -0.2) is 0 Å². The SMILES string of the molecule is CCCC(CC)c1ccc(-c2nnc(C)o2)cc1. The standard InChI is InChI=1S/C15H20N2O/c1-4-6-12(5-2)13-7-9-14(10-8-13)15-17-16-11(3)18-15/h7-10,12H,4-6H2,1-3H3. The molecule has 1 atom stereocenters. The molecule has 96 valence electrons. The lowest BCUT2D eigenvalue weighted by atomic mass is 9.91. The Labute approximate surface area is 108 Å². The first-order valence-corrected chi connectivity index (χ1v) is 6.65. The Morgan fingerprint density at radius 2 is 1.83 bits per heavy atom. The Morgan fingerprint density at radius 3 is 2.33 bits per heavy atom. The maximum Gasteiger partial charge on any atom is 0.247 e. The van der Waals surface area contributed by atoms with Crippen molar-refractivity contribution in [1.29, 1.82) is 0 Å². The highest BCUT2D eigenvalue weighted by molar-refractivity contribution is 5.53. The topological polar surface area (TPSA) is 38.9 Å². The molecule has 0 aliphatic rings. The fraction of sp³-hybridized carbons (Fsp3) is 0.467. The number of hydrogen-bond donors (Lipinski definition) is 0.